The maximum atomic E-state index is 5.10. The number of thiophene rings is 2. The number of aromatic nitrogens is 13. The second-order valence-electron chi connectivity index (χ2n) is 35.8. The van der Waals surface area contributed by atoms with Crippen LogP contribution in [0.2, 0.25) is 0 Å². The predicted molar refractivity (Wildman–Crippen MR) is 597 cm³/mol. The van der Waals surface area contributed by atoms with Crippen molar-refractivity contribution in [1.29, 1.82) is 0 Å². The predicted octanol–water partition coefficient (Wildman–Crippen LogP) is 33.4. The molecule has 0 amide bonds. The molecule has 0 aliphatic heterocycles. The molecule has 0 saturated carbocycles. The summed E-state index contributed by atoms with van der Waals surface area (Å²) in [6, 6.07) is 172. The van der Waals surface area contributed by atoms with Gasteiger partial charge in [0.05, 0.1) is 44.1 Å². The van der Waals surface area contributed by atoms with Gasteiger partial charge < -0.3 is 13.7 Å². The summed E-state index contributed by atoms with van der Waals surface area (Å²) in [5.74, 6) is 5.78. The summed E-state index contributed by atoms with van der Waals surface area (Å²) in [7, 11) is 0. The van der Waals surface area contributed by atoms with Gasteiger partial charge in [-0.15, -0.1) is 22.7 Å². The molecular formula is C129H81N13S2. The zero-order chi connectivity index (χ0) is 95.1. The van der Waals surface area contributed by atoms with Crippen molar-refractivity contribution in [2.75, 3.05) is 0 Å². The molecule has 0 atom stereocenters. The molecule has 9 aromatic heterocycles. The second kappa shape index (κ2) is 35.8. The van der Waals surface area contributed by atoms with Gasteiger partial charge in [0.2, 0.25) is 5.95 Å². The molecule has 13 nitrogen and oxygen atoms in total. The lowest BCUT2D eigenvalue weighted by Crippen LogP contribution is -2.06. The van der Waals surface area contributed by atoms with Crippen molar-refractivity contribution in [2.45, 2.75) is 0 Å². The van der Waals surface area contributed by atoms with Gasteiger partial charge in [-0.05, 0) is 138 Å². The van der Waals surface area contributed by atoms with Gasteiger partial charge in [-0.25, -0.2) is 34.9 Å². The third-order valence-electron chi connectivity index (χ3n) is 27.3. The first-order chi connectivity index (χ1) is 71.4. The Morgan fingerprint density at radius 3 is 0.812 bits per heavy atom. The normalized spacial score (nSPS) is 11.6. The van der Waals surface area contributed by atoms with Crippen molar-refractivity contribution in [3.05, 3.63) is 491 Å². The summed E-state index contributed by atoms with van der Waals surface area (Å²) in [6.07, 6.45) is 0. The summed E-state index contributed by atoms with van der Waals surface area (Å²) in [6.45, 7) is 0. The molecule has 9 heterocycles. The average molecular weight is 1880 g/mol. The first-order valence-electron chi connectivity index (χ1n) is 48.1. The molecule has 29 aromatic rings. The Hall–Kier alpha value is -18.9. The molecular weight excluding hydrogens is 1800 g/mol. The van der Waals surface area contributed by atoms with E-state index in [1.54, 1.807) is 0 Å². The zero-order valence-electron chi connectivity index (χ0n) is 77.4. The minimum absolute atomic E-state index is 0.598. The average Bonchev–Trinajstić information content (AvgIpc) is 1.54. The van der Waals surface area contributed by atoms with Crippen LogP contribution in [0.3, 0.4) is 0 Å². The first-order valence-corrected chi connectivity index (χ1v) is 49.8. The van der Waals surface area contributed by atoms with E-state index < -0.39 is 0 Å². The zero-order valence-corrected chi connectivity index (χ0v) is 79.0. The van der Waals surface area contributed by atoms with Crippen molar-refractivity contribution >= 4 is 150 Å². The van der Waals surface area contributed by atoms with Gasteiger partial charge in [-0.2, -0.15) is 9.97 Å². The molecule has 144 heavy (non-hydrogen) atoms. The highest BCUT2D eigenvalue weighted by molar-refractivity contribution is 7.26. The van der Waals surface area contributed by atoms with Crippen LogP contribution in [0.4, 0.5) is 0 Å². The van der Waals surface area contributed by atoms with Crippen LogP contribution in [-0.4, -0.2) is 63.1 Å². The van der Waals surface area contributed by atoms with Crippen LogP contribution in [0, 0.1) is 0 Å². The largest absolute Gasteiger partial charge is 0.309 e. The van der Waals surface area contributed by atoms with E-state index in [1.165, 1.54) is 117 Å². The molecule has 0 spiro atoms. The van der Waals surface area contributed by atoms with Gasteiger partial charge in [0.15, 0.2) is 46.6 Å². The SMILES string of the molecule is c1ccc(-c2nc(-c3ccccc3)nc(-c3ccc(-n4c5ccccc5c5c4ccc4c6ccccc6n(-c6ccccc6)c45)cc3)n2)cc1.c1ccc(-c2nc(-c3ccccc3)nc(-c3ccc(-n4c5ccccc5c5ccc(-c6cccc7c6sc6ccccc67)cc54)cc3)n2)cc1.c1ccc(-c2nc(-c3ccccc3)nc(-n3c4ccccc4c4ccc(-c5cccc6c5sc5ccccc56)cc43)n2)cc1. The van der Waals surface area contributed by atoms with Crippen molar-refractivity contribution in [2.24, 2.45) is 0 Å². The fraction of sp³-hybridized carbons (Fsp3) is 0. The molecule has 0 aliphatic rings. The lowest BCUT2D eigenvalue weighted by molar-refractivity contribution is 0.953. The third kappa shape index (κ3) is 15.0. The maximum absolute atomic E-state index is 5.10. The number of para-hydroxylation sites is 5. The Bertz CT molecular complexity index is 9830. The number of nitrogens with zero attached hydrogens (tertiary/aromatic N) is 13. The van der Waals surface area contributed by atoms with Gasteiger partial charge in [-0.3, -0.25) is 4.57 Å². The topological polar surface area (TPSA) is 136 Å². The molecule has 0 saturated heterocycles. The molecule has 0 radical (unpaired) electrons. The monoisotopic (exact) mass is 1880 g/mol. The number of hydrogen-bond acceptors (Lipinski definition) is 11. The molecule has 0 fully saturated rings. The maximum Gasteiger partial charge on any atom is 0.238 e. The molecule has 20 aromatic carbocycles. The third-order valence-corrected chi connectivity index (χ3v) is 29.8. The summed E-state index contributed by atoms with van der Waals surface area (Å²) in [5.41, 5.74) is 24.9. The fourth-order valence-corrected chi connectivity index (χ4v) is 23.1. The molecule has 15 heteroatoms. The van der Waals surface area contributed by atoms with E-state index in [4.69, 9.17) is 44.9 Å². The van der Waals surface area contributed by atoms with Crippen molar-refractivity contribution in [1.82, 2.24) is 63.1 Å². The molecule has 674 valence electrons. The molecule has 0 aliphatic carbocycles. The van der Waals surface area contributed by atoms with Crippen LogP contribution in [-0.2, 0) is 0 Å². The Morgan fingerprint density at radius 1 is 0.153 bits per heavy atom. The van der Waals surface area contributed by atoms with Crippen LogP contribution < -0.4 is 0 Å². The smallest absolute Gasteiger partial charge is 0.238 e. The summed E-state index contributed by atoms with van der Waals surface area (Å²) in [4.78, 5) is 44.7. The molecule has 0 N–H and O–H groups in total. The van der Waals surface area contributed by atoms with E-state index in [-0.39, 0.29) is 0 Å². The van der Waals surface area contributed by atoms with E-state index in [0.717, 1.165) is 94.4 Å². The number of fused-ring (bicyclic) bond motifs is 19. The lowest BCUT2D eigenvalue weighted by atomic mass is 10.0. The highest BCUT2D eigenvalue weighted by atomic mass is 32.1. The molecule has 0 unspecified atom stereocenters. The van der Waals surface area contributed by atoms with Crippen LogP contribution in [0.25, 0.3) is 264 Å². The van der Waals surface area contributed by atoms with E-state index in [0.29, 0.717) is 52.5 Å². The Labute approximate surface area is 834 Å². The minimum Gasteiger partial charge on any atom is -0.309 e. The van der Waals surface area contributed by atoms with Crippen molar-refractivity contribution in [3.63, 3.8) is 0 Å². The van der Waals surface area contributed by atoms with Crippen molar-refractivity contribution < 1.29 is 0 Å². The highest BCUT2D eigenvalue weighted by Crippen LogP contribution is 2.48. The Morgan fingerprint density at radius 2 is 0.417 bits per heavy atom. The number of hydrogen-bond donors (Lipinski definition) is 0. The fourth-order valence-electron chi connectivity index (χ4n) is 20.6. The summed E-state index contributed by atoms with van der Waals surface area (Å²) in [5, 5.41) is 15.0. The summed E-state index contributed by atoms with van der Waals surface area (Å²) < 4.78 is 14.6. The van der Waals surface area contributed by atoms with E-state index in [9.17, 15) is 0 Å². The van der Waals surface area contributed by atoms with E-state index in [2.05, 4.69) is 328 Å². The van der Waals surface area contributed by atoms with Gasteiger partial charge in [-0.1, -0.05) is 376 Å². The van der Waals surface area contributed by atoms with Crippen molar-refractivity contribution in [3.8, 4) is 136 Å². The number of rotatable bonds is 14. The Balaban J connectivity index is 0.000000108. The van der Waals surface area contributed by atoms with E-state index in [1.807, 2.05) is 205 Å². The quantitative estimate of drug-likeness (QED) is 0.104. The summed E-state index contributed by atoms with van der Waals surface area (Å²) >= 11 is 3.72. The van der Waals surface area contributed by atoms with Crippen LogP contribution in [0.5, 0.6) is 0 Å². The van der Waals surface area contributed by atoms with Gasteiger partial charge in [0, 0.05) is 145 Å². The standard InChI is InChI=1S/C45H29N5.C45H28N4S.C39H24N4S/c1-4-14-30(15-5-1)43-46-44(31-16-6-2-7-17-31)48-45(47-43)32-24-26-34(27-25-32)49-39-23-13-11-21-37(39)41-40(49)29-28-36-35-20-10-12-22-38(35)50(42(36)41)33-18-8-3-9-19-33;1-3-12-29(13-4-1)43-46-44(30-14-5-2-6-15-30)48-45(47-43)31-22-25-33(26-23-31)49-39-20-9-7-16-35(39)36-27-24-32(28-40(36)49)34-18-11-19-38-37-17-8-10-21-41(37)50-42(34)38;1-3-12-25(13-4-1)37-40-38(26-14-5-2-6-15-26)42-39(41-37)43-33-20-9-7-16-29(33)30-23-22-27(24-34(30)43)28-18-11-19-32-31-17-8-10-21-35(31)44-36(28)32/h1-29H;1-28H;1-24H. The minimum atomic E-state index is 0.598. The van der Waals surface area contributed by atoms with Crippen LogP contribution in [0.1, 0.15) is 0 Å². The van der Waals surface area contributed by atoms with Gasteiger partial charge in [0.25, 0.3) is 0 Å². The van der Waals surface area contributed by atoms with E-state index >= 15 is 0 Å². The molecule has 0 bridgehead atoms. The first kappa shape index (κ1) is 84.4. The molecule has 29 rings (SSSR count). The van der Waals surface area contributed by atoms with Crippen LogP contribution in [0.15, 0.2) is 491 Å². The number of benzene rings is 20. The highest BCUT2D eigenvalue weighted by Gasteiger charge is 2.26. The van der Waals surface area contributed by atoms with Crippen LogP contribution >= 0.6 is 22.7 Å². The second-order valence-corrected chi connectivity index (χ2v) is 37.9. The lowest BCUT2D eigenvalue weighted by Gasteiger charge is -2.11. The van der Waals surface area contributed by atoms with Gasteiger partial charge >= 0.3 is 0 Å². The van der Waals surface area contributed by atoms with Gasteiger partial charge in [0.1, 0.15) is 0 Å². The Kier molecular flexibility index (Phi) is 21.0.